The lowest BCUT2D eigenvalue weighted by Gasteiger charge is -2.37. The zero-order valence-corrected chi connectivity index (χ0v) is 11.4. The van der Waals surface area contributed by atoms with Crippen LogP contribution < -0.4 is 0 Å². The highest BCUT2D eigenvalue weighted by atomic mass is 33.1. The zero-order chi connectivity index (χ0) is 11.3. The van der Waals surface area contributed by atoms with Crippen LogP contribution in [0.25, 0.3) is 0 Å². The van der Waals surface area contributed by atoms with E-state index in [2.05, 4.69) is 42.0 Å². The quantitative estimate of drug-likeness (QED) is 0.595. The predicted octanol–water partition coefficient (Wildman–Crippen LogP) is 4.76. The van der Waals surface area contributed by atoms with E-state index in [0.717, 1.165) is 0 Å². The van der Waals surface area contributed by atoms with Gasteiger partial charge in [-0.15, -0.1) is 11.7 Å². The summed E-state index contributed by atoms with van der Waals surface area (Å²) in [6.45, 7) is 0. The van der Waals surface area contributed by atoms with Crippen molar-refractivity contribution >= 4 is 22.5 Å². The summed E-state index contributed by atoms with van der Waals surface area (Å²) < 4.78 is 0. The van der Waals surface area contributed by atoms with Gasteiger partial charge in [0.1, 0.15) is 0 Å². The molecular weight excluding hydrogens is 232 g/mol. The third-order valence-electron chi connectivity index (χ3n) is 3.71. The van der Waals surface area contributed by atoms with E-state index < -0.39 is 0 Å². The first-order valence-electron chi connectivity index (χ1n) is 6.15. The molecule has 2 rings (SSSR count). The van der Waals surface area contributed by atoms with Crippen molar-refractivity contribution in [3.05, 3.63) is 35.9 Å². The van der Waals surface area contributed by atoms with Crippen molar-refractivity contribution in [2.45, 2.75) is 38.5 Å². The number of rotatable bonds is 4. The Hall–Kier alpha value is -0.0800. The van der Waals surface area contributed by atoms with E-state index in [9.17, 15) is 0 Å². The maximum Gasteiger partial charge on any atom is 0.00943 e. The minimum Gasteiger partial charge on any atom is -0.111 e. The fraction of sp³-hybridized carbons (Fsp3) is 0.571. The van der Waals surface area contributed by atoms with E-state index >= 15 is 0 Å². The second-order valence-electron chi connectivity index (χ2n) is 5.00. The van der Waals surface area contributed by atoms with Crippen molar-refractivity contribution in [3.63, 3.8) is 0 Å². The van der Waals surface area contributed by atoms with E-state index in [-0.39, 0.29) is 0 Å². The van der Waals surface area contributed by atoms with Crippen LogP contribution in [0.15, 0.2) is 30.3 Å². The lowest BCUT2D eigenvalue weighted by molar-refractivity contribution is 0.222. The summed E-state index contributed by atoms with van der Waals surface area (Å²) in [5.41, 5.74) is 2.01. The minimum absolute atomic E-state index is 0.520. The molecule has 88 valence electrons. The lowest BCUT2D eigenvalue weighted by atomic mass is 9.72. The normalized spacial score (nSPS) is 19.6. The molecule has 0 amide bonds. The lowest BCUT2D eigenvalue weighted by Crippen LogP contribution is -2.29. The zero-order valence-electron chi connectivity index (χ0n) is 9.69. The first-order valence-corrected chi connectivity index (χ1v) is 8.19. The predicted molar refractivity (Wildman–Crippen MR) is 77.1 cm³/mol. The molecule has 2 heteroatoms. The topological polar surface area (TPSA) is 0 Å². The Morgan fingerprint density at radius 2 is 1.75 bits per heavy atom. The summed E-state index contributed by atoms with van der Waals surface area (Å²) >= 11 is 4.37. The Labute approximate surface area is 108 Å². The van der Waals surface area contributed by atoms with Crippen LogP contribution in [-0.4, -0.2) is 5.75 Å². The van der Waals surface area contributed by atoms with Crippen LogP contribution in [0.4, 0.5) is 0 Å². The Bertz CT molecular complexity index is 296. The van der Waals surface area contributed by atoms with Crippen molar-refractivity contribution in [3.8, 4) is 0 Å². The second-order valence-corrected chi connectivity index (χ2v) is 6.32. The van der Waals surface area contributed by atoms with Gasteiger partial charge in [0.15, 0.2) is 0 Å². The maximum absolute atomic E-state index is 4.37. The van der Waals surface area contributed by atoms with Gasteiger partial charge in [0.2, 0.25) is 0 Å². The first kappa shape index (κ1) is 12.4. The van der Waals surface area contributed by atoms with Crippen LogP contribution in [0.2, 0.25) is 0 Å². The van der Waals surface area contributed by atoms with Crippen molar-refractivity contribution in [1.29, 1.82) is 0 Å². The van der Waals surface area contributed by atoms with Crippen LogP contribution in [0.1, 0.15) is 37.7 Å². The van der Waals surface area contributed by atoms with Crippen LogP contribution >= 0.6 is 22.5 Å². The van der Waals surface area contributed by atoms with Crippen molar-refractivity contribution in [2.75, 3.05) is 5.75 Å². The first-order chi connectivity index (χ1) is 7.85. The molecular formula is C14H20S2. The molecule has 1 aliphatic rings. The summed E-state index contributed by atoms with van der Waals surface area (Å²) in [6.07, 6.45) is 8.24. The molecule has 0 aromatic heterocycles. The Morgan fingerprint density at radius 1 is 1.06 bits per heavy atom. The molecule has 0 atom stereocenters. The number of hydrogen-bond acceptors (Lipinski definition) is 2. The molecule has 1 fully saturated rings. The molecule has 0 radical (unpaired) electrons. The van der Waals surface area contributed by atoms with Gasteiger partial charge in [0.25, 0.3) is 0 Å². The SMILES string of the molecule is SSCC1(Cc2ccccc2)CCCCC1. The largest absolute Gasteiger partial charge is 0.111 e. The van der Waals surface area contributed by atoms with E-state index in [0.29, 0.717) is 5.41 Å². The summed E-state index contributed by atoms with van der Waals surface area (Å²) in [5, 5.41) is 0. The molecule has 1 saturated carbocycles. The van der Waals surface area contributed by atoms with Gasteiger partial charge in [0, 0.05) is 5.75 Å². The van der Waals surface area contributed by atoms with Gasteiger partial charge in [0.05, 0.1) is 0 Å². The molecule has 0 unspecified atom stereocenters. The Balaban J connectivity index is 2.07. The van der Waals surface area contributed by atoms with Gasteiger partial charge in [-0.2, -0.15) is 0 Å². The number of benzene rings is 1. The molecule has 16 heavy (non-hydrogen) atoms. The molecule has 0 bridgehead atoms. The summed E-state index contributed by atoms with van der Waals surface area (Å²) in [5.74, 6) is 1.20. The molecule has 0 nitrogen and oxygen atoms in total. The summed E-state index contributed by atoms with van der Waals surface area (Å²) in [4.78, 5) is 0. The van der Waals surface area contributed by atoms with Crippen LogP contribution in [0.5, 0.6) is 0 Å². The molecule has 0 N–H and O–H groups in total. The minimum atomic E-state index is 0.520. The van der Waals surface area contributed by atoms with Gasteiger partial charge < -0.3 is 0 Å². The summed E-state index contributed by atoms with van der Waals surface area (Å²) in [6, 6.07) is 10.9. The average molecular weight is 252 g/mol. The molecule has 0 aliphatic heterocycles. The molecule has 1 aromatic carbocycles. The highest BCUT2D eigenvalue weighted by Gasteiger charge is 2.31. The second kappa shape index (κ2) is 6.02. The smallest absolute Gasteiger partial charge is 0.00943 e. The van der Waals surface area contributed by atoms with E-state index in [1.165, 1.54) is 49.8 Å². The number of hydrogen-bond donors (Lipinski definition) is 1. The van der Waals surface area contributed by atoms with Gasteiger partial charge in [-0.1, -0.05) is 60.4 Å². The fourth-order valence-corrected chi connectivity index (χ4v) is 4.33. The van der Waals surface area contributed by atoms with Gasteiger partial charge in [-0.3, -0.25) is 0 Å². The number of thiol groups is 1. The van der Waals surface area contributed by atoms with Crippen molar-refractivity contribution in [2.24, 2.45) is 5.41 Å². The van der Waals surface area contributed by atoms with E-state index in [4.69, 9.17) is 0 Å². The summed E-state index contributed by atoms with van der Waals surface area (Å²) in [7, 11) is 1.72. The van der Waals surface area contributed by atoms with Crippen molar-refractivity contribution < 1.29 is 0 Å². The third-order valence-corrected chi connectivity index (χ3v) is 4.84. The van der Waals surface area contributed by atoms with Crippen LogP contribution in [0.3, 0.4) is 0 Å². The Morgan fingerprint density at radius 3 is 2.38 bits per heavy atom. The van der Waals surface area contributed by atoms with E-state index in [1.807, 2.05) is 0 Å². The third kappa shape index (κ3) is 3.21. The average Bonchev–Trinajstić information content (AvgIpc) is 2.31. The van der Waals surface area contributed by atoms with Gasteiger partial charge >= 0.3 is 0 Å². The monoisotopic (exact) mass is 252 g/mol. The molecule has 0 spiro atoms. The Kier molecular flexibility index (Phi) is 4.66. The standard InChI is InChI=1S/C14H20S2/c15-16-12-14(9-5-2-6-10-14)11-13-7-3-1-4-8-13/h1,3-4,7-8,15H,2,5-6,9-12H2. The highest BCUT2D eigenvalue weighted by molar-refractivity contribution is 8.68. The van der Waals surface area contributed by atoms with Crippen molar-refractivity contribution in [1.82, 2.24) is 0 Å². The van der Waals surface area contributed by atoms with E-state index in [1.54, 1.807) is 10.8 Å². The fourth-order valence-electron chi connectivity index (χ4n) is 2.84. The van der Waals surface area contributed by atoms with Crippen LogP contribution in [-0.2, 0) is 6.42 Å². The highest BCUT2D eigenvalue weighted by Crippen LogP contribution is 2.42. The molecule has 1 aliphatic carbocycles. The molecule has 0 heterocycles. The maximum atomic E-state index is 4.37. The van der Waals surface area contributed by atoms with Gasteiger partial charge in [-0.25, -0.2) is 0 Å². The van der Waals surface area contributed by atoms with Crippen LogP contribution in [0, 0.1) is 5.41 Å². The molecule has 0 saturated heterocycles. The van der Waals surface area contributed by atoms with Gasteiger partial charge in [-0.05, 0) is 30.2 Å². The molecule has 1 aromatic rings.